The number of nitrogens with one attached hydrogen (secondary N) is 1. The Hall–Kier alpha value is -1.58. The van der Waals surface area contributed by atoms with E-state index >= 15 is 0 Å². The monoisotopic (exact) mass is 275 g/mol. The van der Waals surface area contributed by atoms with Crippen LogP contribution in [0.4, 0.5) is 5.82 Å². The van der Waals surface area contributed by atoms with Crippen LogP contribution >= 0.6 is 0 Å². The van der Waals surface area contributed by atoms with Gasteiger partial charge in [-0.15, -0.1) is 0 Å². The van der Waals surface area contributed by atoms with Crippen molar-refractivity contribution >= 4 is 11.7 Å². The number of nitrogens with zero attached hydrogens (tertiary/aromatic N) is 2. The van der Waals surface area contributed by atoms with Crippen LogP contribution in [0, 0.1) is 0 Å². The predicted molar refractivity (Wildman–Crippen MR) is 82.0 cm³/mol. The highest BCUT2D eigenvalue weighted by Gasteiger charge is 2.24. The molecular formula is C16H25N3O. The third kappa shape index (κ3) is 3.50. The van der Waals surface area contributed by atoms with Gasteiger partial charge in [0.25, 0.3) is 5.91 Å². The van der Waals surface area contributed by atoms with Crippen LogP contribution in [-0.4, -0.2) is 35.4 Å². The van der Waals surface area contributed by atoms with Gasteiger partial charge in [-0.05, 0) is 31.9 Å². The summed E-state index contributed by atoms with van der Waals surface area (Å²) in [5, 5.41) is 3.17. The number of hydrogen-bond acceptors (Lipinski definition) is 3. The Morgan fingerprint density at radius 1 is 1.35 bits per heavy atom. The highest BCUT2D eigenvalue weighted by atomic mass is 16.2. The van der Waals surface area contributed by atoms with E-state index in [9.17, 15) is 4.79 Å². The van der Waals surface area contributed by atoms with E-state index in [1.165, 1.54) is 25.7 Å². The molecule has 1 fully saturated rings. The molecule has 1 aromatic rings. The first kappa shape index (κ1) is 14.8. The molecule has 1 saturated carbocycles. The number of amides is 1. The number of anilines is 1. The molecule has 4 heteroatoms. The Morgan fingerprint density at radius 2 is 2.05 bits per heavy atom. The quantitative estimate of drug-likeness (QED) is 0.857. The second-order valence-electron chi connectivity index (χ2n) is 5.49. The van der Waals surface area contributed by atoms with Gasteiger partial charge in [-0.1, -0.05) is 25.7 Å². The summed E-state index contributed by atoms with van der Waals surface area (Å²) in [5.41, 5.74) is 0.682. The molecule has 1 aliphatic carbocycles. The van der Waals surface area contributed by atoms with Crippen LogP contribution in [0.5, 0.6) is 0 Å². The Labute approximate surface area is 121 Å². The van der Waals surface area contributed by atoms with E-state index in [4.69, 9.17) is 0 Å². The average molecular weight is 275 g/mol. The van der Waals surface area contributed by atoms with Crippen molar-refractivity contribution in [2.45, 2.75) is 51.5 Å². The summed E-state index contributed by atoms with van der Waals surface area (Å²) in [6.07, 6.45) is 9.03. The lowest BCUT2D eigenvalue weighted by Crippen LogP contribution is -2.37. The van der Waals surface area contributed by atoms with Crippen molar-refractivity contribution in [3.05, 3.63) is 23.9 Å². The van der Waals surface area contributed by atoms with Gasteiger partial charge in [-0.2, -0.15) is 0 Å². The molecule has 1 N–H and O–H groups in total. The molecule has 1 amide bonds. The minimum absolute atomic E-state index is 0.0842. The molecule has 20 heavy (non-hydrogen) atoms. The highest BCUT2D eigenvalue weighted by Crippen LogP contribution is 2.23. The van der Waals surface area contributed by atoms with Crippen LogP contribution in [-0.2, 0) is 0 Å². The first-order valence-electron chi connectivity index (χ1n) is 7.70. The largest absolute Gasteiger partial charge is 0.370 e. The van der Waals surface area contributed by atoms with E-state index in [1.54, 1.807) is 6.20 Å². The Bertz CT molecular complexity index is 439. The first-order chi connectivity index (χ1) is 9.74. The lowest BCUT2D eigenvalue weighted by atomic mass is 10.1. The summed E-state index contributed by atoms with van der Waals surface area (Å²) < 4.78 is 0. The molecule has 1 aliphatic rings. The predicted octanol–water partition coefficient (Wildman–Crippen LogP) is 3.31. The number of aromatic nitrogens is 1. The fourth-order valence-corrected chi connectivity index (χ4v) is 2.89. The summed E-state index contributed by atoms with van der Waals surface area (Å²) in [5.74, 6) is 0.779. The van der Waals surface area contributed by atoms with Crippen molar-refractivity contribution in [2.75, 3.05) is 18.9 Å². The van der Waals surface area contributed by atoms with Crippen molar-refractivity contribution in [1.29, 1.82) is 0 Å². The van der Waals surface area contributed by atoms with Gasteiger partial charge in [-0.25, -0.2) is 4.98 Å². The molecule has 4 nitrogen and oxygen atoms in total. The normalized spacial score (nSPS) is 16.5. The minimum atomic E-state index is 0.0842. The standard InChI is InChI=1S/C16H25N3O/c1-3-17-15-14(11-8-12-18-15)16(20)19(2)13-9-6-4-5-7-10-13/h8,11-13H,3-7,9-10H2,1-2H3,(H,17,18). The summed E-state index contributed by atoms with van der Waals surface area (Å²) >= 11 is 0. The van der Waals surface area contributed by atoms with Crippen molar-refractivity contribution in [3.63, 3.8) is 0 Å². The Balaban J connectivity index is 2.13. The van der Waals surface area contributed by atoms with Crippen LogP contribution < -0.4 is 5.32 Å². The van der Waals surface area contributed by atoms with E-state index in [0.29, 0.717) is 17.4 Å². The van der Waals surface area contributed by atoms with E-state index in [-0.39, 0.29) is 5.91 Å². The number of carbonyl (C=O) groups is 1. The zero-order chi connectivity index (χ0) is 14.4. The second kappa shape index (κ2) is 7.27. The maximum Gasteiger partial charge on any atom is 0.257 e. The third-order valence-corrected chi connectivity index (χ3v) is 4.08. The molecule has 0 saturated heterocycles. The molecule has 0 aromatic carbocycles. The van der Waals surface area contributed by atoms with Gasteiger partial charge in [0.15, 0.2) is 0 Å². The lowest BCUT2D eigenvalue weighted by Gasteiger charge is -2.27. The third-order valence-electron chi connectivity index (χ3n) is 4.08. The summed E-state index contributed by atoms with van der Waals surface area (Å²) in [6, 6.07) is 4.06. The maximum absolute atomic E-state index is 12.7. The molecule has 2 rings (SSSR count). The van der Waals surface area contributed by atoms with Gasteiger partial charge < -0.3 is 10.2 Å². The number of pyridine rings is 1. The van der Waals surface area contributed by atoms with Crippen molar-refractivity contribution < 1.29 is 4.79 Å². The Morgan fingerprint density at radius 3 is 2.70 bits per heavy atom. The minimum Gasteiger partial charge on any atom is -0.370 e. The van der Waals surface area contributed by atoms with Crippen molar-refractivity contribution in [2.24, 2.45) is 0 Å². The molecule has 0 radical (unpaired) electrons. The smallest absolute Gasteiger partial charge is 0.257 e. The van der Waals surface area contributed by atoms with E-state index < -0.39 is 0 Å². The maximum atomic E-state index is 12.7. The molecule has 0 atom stereocenters. The molecule has 0 unspecified atom stereocenters. The Kier molecular flexibility index (Phi) is 5.39. The van der Waals surface area contributed by atoms with Crippen LogP contribution in [0.15, 0.2) is 18.3 Å². The SMILES string of the molecule is CCNc1ncccc1C(=O)N(C)C1CCCCCC1. The number of carbonyl (C=O) groups excluding carboxylic acids is 1. The van der Waals surface area contributed by atoms with Gasteiger partial charge in [0.2, 0.25) is 0 Å². The van der Waals surface area contributed by atoms with Gasteiger partial charge in [0.05, 0.1) is 5.56 Å². The van der Waals surface area contributed by atoms with E-state index in [1.807, 2.05) is 31.0 Å². The molecule has 1 aromatic heterocycles. The van der Waals surface area contributed by atoms with Gasteiger partial charge in [-0.3, -0.25) is 4.79 Å². The summed E-state index contributed by atoms with van der Waals surface area (Å²) in [7, 11) is 1.93. The highest BCUT2D eigenvalue weighted by molar-refractivity contribution is 5.98. The fraction of sp³-hybridized carbons (Fsp3) is 0.625. The van der Waals surface area contributed by atoms with Crippen LogP contribution in [0.2, 0.25) is 0 Å². The molecular weight excluding hydrogens is 250 g/mol. The van der Waals surface area contributed by atoms with Gasteiger partial charge in [0, 0.05) is 25.8 Å². The first-order valence-corrected chi connectivity index (χ1v) is 7.70. The fourth-order valence-electron chi connectivity index (χ4n) is 2.89. The second-order valence-corrected chi connectivity index (χ2v) is 5.49. The lowest BCUT2D eigenvalue weighted by molar-refractivity contribution is 0.0718. The van der Waals surface area contributed by atoms with E-state index in [0.717, 1.165) is 19.4 Å². The molecule has 0 aliphatic heterocycles. The van der Waals surface area contributed by atoms with Gasteiger partial charge >= 0.3 is 0 Å². The average Bonchev–Trinajstić information content (AvgIpc) is 2.76. The van der Waals surface area contributed by atoms with Crippen LogP contribution in [0.25, 0.3) is 0 Å². The van der Waals surface area contributed by atoms with Crippen LogP contribution in [0.3, 0.4) is 0 Å². The van der Waals surface area contributed by atoms with Crippen LogP contribution in [0.1, 0.15) is 55.8 Å². The van der Waals surface area contributed by atoms with Crippen molar-refractivity contribution in [3.8, 4) is 0 Å². The van der Waals surface area contributed by atoms with E-state index in [2.05, 4.69) is 10.3 Å². The summed E-state index contributed by atoms with van der Waals surface area (Å²) in [6.45, 7) is 2.78. The summed E-state index contributed by atoms with van der Waals surface area (Å²) in [4.78, 5) is 18.9. The van der Waals surface area contributed by atoms with Gasteiger partial charge in [0.1, 0.15) is 5.82 Å². The molecule has 0 spiro atoms. The number of hydrogen-bond donors (Lipinski definition) is 1. The number of rotatable bonds is 4. The zero-order valence-corrected chi connectivity index (χ0v) is 12.6. The molecule has 0 bridgehead atoms. The zero-order valence-electron chi connectivity index (χ0n) is 12.6. The molecule has 1 heterocycles. The van der Waals surface area contributed by atoms with Crippen molar-refractivity contribution in [1.82, 2.24) is 9.88 Å². The molecule has 110 valence electrons. The topological polar surface area (TPSA) is 45.2 Å².